The Labute approximate surface area is 205 Å². The molecular weight excluding hydrogens is 468 g/mol. The minimum atomic E-state index is -1.02. The fourth-order valence-corrected chi connectivity index (χ4v) is 4.42. The van der Waals surface area contributed by atoms with Crippen LogP contribution in [0.1, 0.15) is 38.6 Å². The molecule has 1 aromatic carbocycles. The number of thiophene rings is 1. The van der Waals surface area contributed by atoms with Gasteiger partial charge in [-0.25, -0.2) is 14.3 Å². The third-order valence-electron chi connectivity index (χ3n) is 5.71. The lowest BCUT2D eigenvalue weighted by molar-refractivity contribution is 0.0703. The number of carboxylic acids is 1. The predicted octanol–water partition coefficient (Wildman–Crippen LogP) is 3.77. The van der Waals surface area contributed by atoms with E-state index in [2.05, 4.69) is 20.7 Å². The third kappa shape index (κ3) is 4.76. The summed E-state index contributed by atoms with van der Waals surface area (Å²) in [6.07, 6.45) is 3.45. The van der Waals surface area contributed by atoms with Crippen molar-refractivity contribution >= 4 is 46.1 Å². The molecule has 1 fully saturated rings. The highest BCUT2D eigenvalue weighted by molar-refractivity contribution is 7.12. The first-order chi connectivity index (χ1) is 16.9. The van der Waals surface area contributed by atoms with Crippen molar-refractivity contribution in [1.29, 1.82) is 0 Å². The Hall–Kier alpha value is -4.12. The SMILES string of the molecule is COc1ccc(CN(C)c2cc(Nc3ccsc3C(=O)O)nn3c(C(=O)NC4CC4)cnc23)cc1. The van der Waals surface area contributed by atoms with Crippen molar-refractivity contribution in [2.45, 2.75) is 25.4 Å². The molecule has 3 N–H and O–H groups in total. The molecule has 10 nitrogen and oxygen atoms in total. The molecule has 0 radical (unpaired) electrons. The second-order valence-electron chi connectivity index (χ2n) is 8.34. The van der Waals surface area contributed by atoms with Crippen molar-refractivity contribution < 1.29 is 19.4 Å². The van der Waals surface area contributed by atoms with Gasteiger partial charge in [0, 0.05) is 25.7 Å². The predicted molar refractivity (Wildman–Crippen MR) is 133 cm³/mol. The molecule has 11 heteroatoms. The van der Waals surface area contributed by atoms with Gasteiger partial charge in [0.1, 0.15) is 10.6 Å². The molecule has 35 heavy (non-hydrogen) atoms. The summed E-state index contributed by atoms with van der Waals surface area (Å²) in [4.78, 5) is 31.1. The highest BCUT2D eigenvalue weighted by atomic mass is 32.1. The lowest BCUT2D eigenvalue weighted by Gasteiger charge is -2.21. The molecule has 5 rings (SSSR count). The Morgan fingerprint density at radius 3 is 2.71 bits per heavy atom. The van der Waals surface area contributed by atoms with Gasteiger partial charge in [-0.3, -0.25) is 4.79 Å². The monoisotopic (exact) mass is 492 g/mol. The molecule has 0 aliphatic heterocycles. The van der Waals surface area contributed by atoms with Crippen LogP contribution in [-0.2, 0) is 6.54 Å². The Morgan fingerprint density at radius 1 is 1.26 bits per heavy atom. The molecule has 4 aromatic rings. The molecule has 0 saturated heterocycles. The lowest BCUT2D eigenvalue weighted by Crippen LogP contribution is -2.27. The normalized spacial score (nSPS) is 13.0. The summed E-state index contributed by atoms with van der Waals surface area (Å²) in [6, 6.07) is 11.5. The number of amides is 1. The van der Waals surface area contributed by atoms with Gasteiger partial charge in [-0.2, -0.15) is 0 Å². The molecule has 0 bridgehead atoms. The van der Waals surface area contributed by atoms with Crippen molar-refractivity contribution in [1.82, 2.24) is 19.9 Å². The topological polar surface area (TPSA) is 121 Å². The summed E-state index contributed by atoms with van der Waals surface area (Å²) in [6.45, 7) is 0.568. The number of carboxylic acid groups (broad SMARTS) is 1. The number of hydrogen-bond donors (Lipinski definition) is 3. The summed E-state index contributed by atoms with van der Waals surface area (Å²) in [5.41, 5.74) is 3.06. The number of anilines is 3. The minimum Gasteiger partial charge on any atom is -0.497 e. The quantitative estimate of drug-likeness (QED) is 0.323. The number of hydrogen-bond acceptors (Lipinski definition) is 8. The molecule has 3 heterocycles. The van der Waals surface area contributed by atoms with E-state index in [1.807, 2.05) is 36.2 Å². The van der Waals surface area contributed by atoms with E-state index >= 15 is 0 Å². The molecule has 1 amide bonds. The van der Waals surface area contributed by atoms with Gasteiger partial charge in [-0.1, -0.05) is 12.1 Å². The highest BCUT2D eigenvalue weighted by Crippen LogP contribution is 2.30. The first kappa shape index (κ1) is 22.7. The zero-order chi connectivity index (χ0) is 24.5. The maximum absolute atomic E-state index is 12.8. The second-order valence-corrected chi connectivity index (χ2v) is 9.26. The Kier molecular flexibility index (Phi) is 6.00. The number of ether oxygens (including phenoxy) is 1. The van der Waals surface area contributed by atoms with E-state index in [0.29, 0.717) is 29.4 Å². The van der Waals surface area contributed by atoms with Gasteiger partial charge in [0.15, 0.2) is 17.2 Å². The van der Waals surface area contributed by atoms with E-state index in [4.69, 9.17) is 4.74 Å². The van der Waals surface area contributed by atoms with Crippen LogP contribution in [0, 0.1) is 0 Å². The molecule has 180 valence electrons. The molecule has 3 aromatic heterocycles. The van der Waals surface area contributed by atoms with Crippen LogP contribution in [0.2, 0.25) is 0 Å². The van der Waals surface area contributed by atoms with Crippen LogP contribution in [0.15, 0.2) is 48.0 Å². The molecular formula is C24H24N6O4S. The maximum Gasteiger partial charge on any atom is 0.348 e. The second kappa shape index (κ2) is 9.26. The summed E-state index contributed by atoms with van der Waals surface area (Å²) in [7, 11) is 3.55. The fourth-order valence-electron chi connectivity index (χ4n) is 3.74. The van der Waals surface area contributed by atoms with Gasteiger partial charge < -0.3 is 25.4 Å². The highest BCUT2D eigenvalue weighted by Gasteiger charge is 2.26. The van der Waals surface area contributed by atoms with Crippen LogP contribution in [0.5, 0.6) is 5.75 Å². The average Bonchev–Trinajstić information content (AvgIpc) is 3.36. The van der Waals surface area contributed by atoms with E-state index in [0.717, 1.165) is 41.2 Å². The fraction of sp³-hybridized carbons (Fsp3) is 0.250. The maximum atomic E-state index is 12.8. The van der Waals surface area contributed by atoms with Crippen molar-refractivity contribution in [3.05, 3.63) is 64.1 Å². The number of nitrogens with one attached hydrogen (secondary N) is 2. The van der Waals surface area contributed by atoms with Crippen molar-refractivity contribution in [3.8, 4) is 5.75 Å². The molecule has 0 atom stereocenters. The lowest BCUT2D eigenvalue weighted by atomic mass is 10.2. The van der Waals surface area contributed by atoms with E-state index in [9.17, 15) is 14.7 Å². The number of carbonyl (C=O) groups is 2. The number of carbonyl (C=O) groups excluding carboxylic acids is 1. The zero-order valence-corrected chi connectivity index (χ0v) is 20.0. The van der Waals surface area contributed by atoms with Crippen molar-refractivity contribution in [2.75, 3.05) is 24.4 Å². The smallest absolute Gasteiger partial charge is 0.348 e. The van der Waals surface area contributed by atoms with E-state index < -0.39 is 5.97 Å². The molecule has 0 unspecified atom stereocenters. The number of rotatable bonds is 9. The van der Waals surface area contributed by atoms with Gasteiger partial charge in [0.2, 0.25) is 0 Å². The Bertz CT molecular complexity index is 1390. The molecule has 1 aliphatic carbocycles. The summed E-state index contributed by atoms with van der Waals surface area (Å²) in [5, 5.41) is 21.9. The summed E-state index contributed by atoms with van der Waals surface area (Å²) >= 11 is 1.13. The van der Waals surface area contributed by atoms with Gasteiger partial charge in [-0.15, -0.1) is 16.4 Å². The summed E-state index contributed by atoms with van der Waals surface area (Å²) in [5.74, 6) is -0.0880. The summed E-state index contributed by atoms with van der Waals surface area (Å²) < 4.78 is 6.75. The number of aromatic carboxylic acids is 1. The van der Waals surface area contributed by atoms with Crippen LogP contribution in [-0.4, -0.2) is 51.8 Å². The van der Waals surface area contributed by atoms with Crippen LogP contribution in [0.4, 0.5) is 17.2 Å². The van der Waals surface area contributed by atoms with E-state index in [1.54, 1.807) is 24.6 Å². The number of fused-ring (bicyclic) bond motifs is 1. The van der Waals surface area contributed by atoms with E-state index in [1.165, 1.54) is 10.7 Å². The van der Waals surface area contributed by atoms with Crippen LogP contribution >= 0.6 is 11.3 Å². The van der Waals surface area contributed by atoms with Crippen molar-refractivity contribution in [3.63, 3.8) is 0 Å². The van der Waals surface area contributed by atoms with Crippen LogP contribution in [0.3, 0.4) is 0 Å². The number of aromatic nitrogens is 3. The Morgan fingerprint density at radius 2 is 2.03 bits per heavy atom. The number of benzene rings is 1. The average molecular weight is 493 g/mol. The van der Waals surface area contributed by atoms with Gasteiger partial charge in [0.25, 0.3) is 5.91 Å². The minimum absolute atomic E-state index is 0.178. The number of methoxy groups -OCH3 is 1. The molecule has 1 saturated carbocycles. The van der Waals surface area contributed by atoms with Gasteiger partial charge in [0.05, 0.1) is 24.7 Å². The Balaban J connectivity index is 1.53. The molecule has 1 aliphatic rings. The van der Waals surface area contributed by atoms with E-state index in [-0.39, 0.29) is 16.8 Å². The van der Waals surface area contributed by atoms with Crippen LogP contribution < -0.4 is 20.3 Å². The first-order valence-electron chi connectivity index (χ1n) is 11.0. The molecule has 0 spiro atoms. The largest absolute Gasteiger partial charge is 0.497 e. The van der Waals surface area contributed by atoms with Gasteiger partial charge >= 0.3 is 5.97 Å². The first-order valence-corrected chi connectivity index (χ1v) is 11.9. The standard InChI is InChI=1S/C24H24N6O4S/c1-29(13-14-3-7-16(34-2)8-4-14)18-11-20(27-17-9-10-35-21(17)24(32)33)28-30-19(12-25-22(18)30)23(31)26-15-5-6-15/h3-4,7-12,15H,5-6,13H2,1-2H3,(H,26,31)(H,27,28)(H,32,33). The number of nitrogens with zero attached hydrogens (tertiary/aromatic N) is 4. The van der Waals surface area contributed by atoms with Gasteiger partial charge in [-0.05, 0) is 42.0 Å². The third-order valence-corrected chi connectivity index (χ3v) is 6.61. The van der Waals surface area contributed by atoms with Crippen molar-refractivity contribution in [2.24, 2.45) is 0 Å². The number of imidazole rings is 1. The van der Waals surface area contributed by atoms with Crippen LogP contribution in [0.25, 0.3) is 5.65 Å². The zero-order valence-electron chi connectivity index (χ0n) is 19.2.